The third kappa shape index (κ3) is 2.41. The topological polar surface area (TPSA) is 20.2 Å². The van der Waals surface area contributed by atoms with Crippen molar-refractivity contribution in [1.29, 1.82) is 0 Å². The first-order valence-electron chi connectivity index (χ1n) is 3.30. The van der Waals surface area contributed by atoms with E-state index in [0.29, 0.717) is 0 Å². The maximum Gasteiger partial charge on any atom is 0.0615 e. The molecule has 0 saturated carbocycles. The predicted octanol–water partition coefficient (Wildman–Crippen LogP) is 1.43. The van der Waals surface area contributed by atoms with Gasteiger partial charge in [0.05, 0.1) is 6.61 Å². The molecule has 0 amide bonds. The van der Waals surface area contributed by atoms with Crippen molar-refractivity contribution < 1.29 is 5.11 Å². The average Bonchev–Trinajstić information content (AvgIpc) is 1.91. The zero-order valence-corrected chi connectivity index (χ0v) is 6.28. The molecule has 52 valence electrons. The van der Waals surface area contributed by atoms with Crippen molar-refractivity contribution in [2.75, 3.05) is 18.1 Å². The Morgan fingerprint density at radius 1 is 1.44 bits per heavy atom. The molecule has 1 N–H and O–H groups in total. The van der Waals surface area contributed by atoms with Crippen molar-refractivity contribution in [3.8, 4) is 0 Å². The molecule has 1 fully saturated rings. The van der Waals surface area contributed by atoms with Gasteiger partial charge in [0.15, 0.2) is 0 Å². The van der Waals surface area contributed by atoms with Crippen LogP contribution < -0.4 is 0 Å². The van der Waals surface area contributed by atoms with Crippen molar-refractivity contribution >= 4 is 11.8 Å². The standard InChI is InChI=1S/C7H12OS/c8-4-1-7-2-5-9-6-3-7/h1,8H,2-6H2. The van der Waals surface area contributed by atoms with Gasteiger partial charge in [0.25, 0.3) is 0 Å². The highest BCUT2D eigenvalue weighted by atomic mass is 32.2. The summed E-state index contributed by atoms with van der Waals surface area (Å²) in [6, 6.07) is 0. The van der Waals surface area contributed by atoms with Gasteiger partial charge in [-0.05, 0) is 24.3 Å². The molecule has 1 aliphatic heterocycles. The normalized spacial score (nSPS) is 19.9. The van der Waals surface area contributed by atoms with Crippen LogP contribution in [0.3, 0.4) is 0 Å². The summed E-state index contributed by atoms with van der Waals surface area (Å²) in [7, 11) is 0. The second kappa shape index (κ2) is 3.96. The molecule has 0 aromatic heterocycles. The molecular weight excluding hydrogens is 132 g/mol. The summed E-state index contributed by atoms with van der Waals surface area (Å²) < 4.78 is 0. The van der Waals surface area contributed by atoms with Crippen LogP contribution in [0.25, 0.3) is 0 Å². The van der Waals surface area contributed by atoms with Gasteiger partial charge in [0, 0.05) is 0 Å². The Hall–Kier alpha value is 0.0500. The number of rotatable bonds is 1. The lowest BCUT2D eigenvalue weighted by atomic mass is 10.1. The summed E-state index contributed by atoms with van der Waals surface area (Å²) in [4.78, 5) is 0. The van der Waals surface area contributed by atoms with Crippen LogP contribution in [0, 0.1) is 0 Å². The first-order valence-corrected chi connectivity index (χ1v) is 4.45. The van der Waals surface area contributed by atoms with Crippen molar-refractivity contribution in [2.24, 2.45) is 0 Å². The van der Waals surface area contributed by atoms with Crippen LogP contribution >= 0.6 is 11.8 Å². The van der Waals surface area contributed by atoms with E-state index in [9.17, 15) is 0 Å². The number of thioether (sulfide) groups is 1. The van der Waals surface area contributed by atoms with E-state index >= 15 is 0 Å². The van der Waals surface area contributed by atoms with E-state index in [-0.39, 0.29) is 6.61 Å². The van der Waals surface area contributed by atoms with E-state index < -0.39 is 0 Å². The van der Waals surface area contributed by atoms with Gasteiger partial charge in [-0.2, -0.15) is 11.8 Å². The lowest BCUT2D eigenvalue weighted by Crippen LogP contribution is -1.98. The molecule has 1 nitrogen and oxygen atoms in total. The first-order chi connectivity index (χ1) is 4.43. The minimum atomic E-state index is 0.222. The van der Waals surface area contributed by atoms with E-state index in [2.05, 4.69) is 0 Å². The second-order valence-corrected chi connectivity index (χ2v) is 3.38. The molecule has 2 heteroatoms. The van der Waals surface area contributed by atoms with Crippen LogP contribution in [-0.4, -0.2) is 23.2 Å². The molecule has 0 atom stereocenters. The number of aliphatic hydroxyl groups excluding tert-OH is 1. The van der Waals surface area contributed by atoms with E-state index in [1.165, 1.54) is 29.9 Å². The molecule has 1 saturated heterocycles. The summed E-state index contributed by atoms with van der Waals surface area (Å²) >= 11 is 2.00. The van der Waals surface area contributed by atoms with Crippen LogP contribution in [0.4, 0.5) is 0 Å². The predicted molar refractivity (Wildman–Crippen MR) is 41.7 cm³/mol. The molecule has 0 spiro atoms. The SMILES string of the molecule is OCC=C1CCSCC1. The Labute approximate surface area is 60.2 Å². The van der Waals surface area contributed by atoms with E-state index in [1.54, 1.807) is 0 Å². The fraction of sp³-hybridized carbons (Fsp3) is 0.714. The Bertz CT molecular complexity index is 101. The lowest BCUT2D eigenvalue weighted by molar-refractivity contribution is 0.341. The zero-order chi connectivity index (χ0) is 6.53. The Balaban J connectivity index is 2.30. The Morgan fingerprint density at radius 2 is 2.11 bits per heavy atom. The molecule has 0 bridgehead atoms. The van der Waals surface area contributed by atoms with Gasteiger partial charge in [0.2, 0.25) is 0 Å². The van der Waals surface area contributed by atoms with Gasteiger partial charge < -0.3 is 5.11 Å². The maximum absolute atomic E-state index is 8.54. The molecular formula is C7H12OS. The summed E-state index contributed by atoms with van der Waals surface area (Å²) in [5, 5.41) is 8.54. The van der Waals surface area contributed by atoms with Gasteiger partial charge in [-0.1, -0.05) is 11.6 Å². The molecule has 9 heavy (non-hydrogen) atoms. The molecule has 1 rings (SSSR count). The first kappa shape index (κ1) is 7.16. The minimum absolute atomic E-state index is 0.222. The number of hydrogen-bond acceptors (Lipinski definition) is 2. The largest absolute Gasteiger partial charge is 0.392 e. The molecule has 0 aromatic carbocycles. The fourth-order valence-corrected chi connectivity index (χ4v) is 1.98. The molecule has 0 aliphatic carbocycles. The summed E-state index contributed by atoms with van der Waals surface area (Å²) in [5.41, 5.74) is 1.44. The summed E-state index contributed by atoms with van der Waals surface area (Å²) in [5.74, 6) is 2.48. The smallest absolute Gasteiger partial charge is 0.0615 e. The Morgan fingerprint density at radius 3 is 2.67 bits per heavy atom. The Kier molecular flexibility index (Phi) is 3.15. The molecule has 1 heterocycles. The quantitative estimate of drug-likeness (QED) is 0.562. The van der Waals surface area contributed by atoms with Crippen LogP contribution in [0.1, 0.15) is 12.8 Å². The third-order valence-corrected chi connectivity index (χ3v) is 2.50. The van der Waals surface area contributed by atoms with Gasteiger partial charge in [0.1, 0.15) is 0 Å². The van der Waals surface area contributed by atoms with Crippen LogP contribution in [0.15, 0.2) is 11.6 Å². The summed E-state index contributed by atoms with van der Waals surface area (Å²) in [6.07, 6.45) is 4.32. The van der Waals surface area contributed by atoms with Crippen LogP contribution in [0.5, 0.6) is 0 Å². The van der Waals surface area contributed by atoms with Crippen molar-refractivity contribution in [3.63, 3.8) is 0 Å². The fourth-order valence-electron chi connectivity index (χ4n) is 0.967. The molecule has 0 aromatic rings. The third-order valence-electron chi connectivity index (χ3n) is 1.51. The number of hydrogen-bond donors (Lipinski definition) is 1. The van der Waals surface area contributed by atoms with Gasteiger partial charge in [-0.25, -0.2) is 0 Å². The van der Waals surface area contributed by atoms with E-state index in [1.807, 2.05) is 17.8 Å². The second-order valence-electron chi connectivity index (χ2n) is 2.16. The molecule has 0 radical (unpaired) electrons. The van der Waals surface area contributed by atoms with Crippen molar-refractivity contribution in [2.45, 2.75) is 12.8 Å². The van der Waals surface area contributed by atoms with Crippen LogP contribution in [0.2, 0.25) is 0 Å². The average molecular weight is 144 g/mol. The van der Waals surface area contributed by atoms with Crippen molar-refractivity contribution in [3.05, 3.63) is 11.6 Å². The number of aliphatic hydroxyl groups is 1. The van der Waals surface area contributed by atoms with Gasteiger partial charge in [-0.15, -0.1) is 0 Å². The van der Waals surface area contributed by atoms with E-state index in [4.69, 9.17) is 5.11 Å². The molecule has 0 unspecified atom stereocenters. The maximum atomic E-state index is 8.54. The lowest BCUT2D eigenvalue weighted by Gasteiger charge is -2.12. The van der Waals surface area contributed by atoms with Gasteiger partial charge >= 0.3 is 0 Å². The van der Waals surface area contributed by atoms with Crippen LogP contribution in [-0.2, 0) is 0 Å². The zero-order valence-electron chi connectivity index (χ0n) is 5.47. The van der Waals surface area contributed by atoms with Crippen molar-refractivity contribution in [1.82, 2.24) is 0 Å². The number of allylic oxidation sites excluding steroid dienone is 1. The highest BCUT2D eigenvalue weighted by Gasteiger charge is 2.03. The highest BCUT2D eigenvalue weighted by molar-refractivity contribution is 7.99. The van der Waals surface area contributed by atoms with E-state index in [0.717, 1.165) is 0 Å². The highest BCUT2D eigenvalue weighted by Crippen LogP contribution is 2.21. The minimum Gasteiger partial charge on any atom is -0.392 e. The summed E-state index contributed by atoms with van der Waals surface area (Å²) in [6.45, 7) is 0.222. The molecule has 1 aliphatic rings. The van der Waals surface area contributed by atoms with Gasteiger partial charge in [-0.3, -0.25) is 0 Å². The monoisotopic (exact) mass is 144 g/mol.